The quantitative estimate of drug-likeness (QED) is 0.601. The molecule has 2 atom stereocenters. The molecule has 2 fully saturated rings. The van der Waals surface area contributed by atoms with E-state index in [1.165, 1.54) is 0 Å². The van der Waals surface area contributed by atoms with Crippen molar-refractivity contribution in [3.05, 3.63) is 23.9 Å². The molecule has 9 nitrogen and oxygen atoms in total. The summed E-state index contributed by atoms with van der Waals surface area (Å²) < 4.78 is 5.40. The Bertz CT molecular complexity index is 861. The lowest BCUT2D eigenvalue weighted by Crippen LogP contribution is -2.50. The molecule has 1 saturated carbocycles. The van der Waals surface area contributed by atoms with E-state index in [9.17, 15) is 14.4 Å². The minimum absolute atomic E-state index is 0.0340. The molecule has 1 aromatic heterocycles. The van der Waals surface area contributed by atoms with Crippen LogP contribution in [0, 0.1) is 11.8 Å². The predicted molar refractivity (Wildman–Crippen MR) is 126 cm³/mol. The molecule has 9 heteroatoms. The van der Waals surface area contributed by atoms with Crippen molar-refractivity contribution in [1.82, 2.24) is 20.5 Å². The zero-order chi connectivity index (χ0) is 24.2. The van der Waals surface area contributed by atoms with Gasteiger partial charge >= 0.3 is 12.1 Å². The second-order valence-electron chi connectivity index (χ2n) is 10.4. The Morgan fingerprint density at radius 3 is 2.55 bits per heavy atom. The number of aromatic nitrogens is 1. The largest absolute Gasteiger partial charge is 0.444 e. The summed E-state index contributed by atoms with van der Waals surface area (Å²) in [6.45, 7) is 10.6. The Labute approximate surface area is 196 Å². The molecule has 182 valence electrons. The second-order valence-corrected chi connectivity index (χ2v) is 10.4. The number of ether oxygens (including phenoxy) is 1. The van der Waals surface area contributed by atoms with E-state index in [2.05, 4.69) is 27.9 Å². The number of hydrogen-bond acceptors (Lipinski definition) is 5. The first-order valence-electron chi connectivity index (χ1n) is 11.8. The zero-order valence-electron chi connectivity index (χ0n) is 20.3. The van der Waals surface area contributed by atoms with Crippen molar-refractivity contribution < 1.29 is 19.1 Å². The van der Waals surface area contributed by atoms with Crippen LogP contribution in [-0.4, -0.2) is 52.1 Å². The Morgan fingerprint density at radius 2 is 1.94 bits per heavy atom. The van der Waals surface area contributed by atoms with Crippen molar-refractivity contribution >= 4 is 23.8 Å². The summed E-state index contributed by atoms with van der Waals surface area (Å²) in [5, 5.41) is 8.54. The van der Waals surface area contributed by atoms with Gasteiger partial charge in [0.1, 0.15) is 17.5 Å². The molecule has 1 unspecified atom stereocenters. The normalized spacial score (nSPS) is 24.1. The summed E-state index contributed by atoms with van der Waals surface area (Å²) in [5.41, 5.74) is 0.217. The van der Waals surface area contributed by atoms with Gasteiger partial charge in [0, 0.05) is 25.3 Å². The van der Waals surface area contributed by atoms with Crippen molar-refractivity contribution in [2.24, 2.45) is 11.8 Å². The number of carbonyl (C=O) groups is 3. The lowest BCUT2D eigenvalue weighted by atomic mass is 9.79. The standard InChI is InChI=1S/C24H37N5O4/c1-15-6-8-18(9-7-15)20(28-23(32)33-24(3,4)5)21(30)27-19-12-17(10-11-25-19)14-29-13-16(2)26-22(29)31/h10-12,15-16,18,20H,6-9,13-14H2,1-5H3,(H,26,31)(H,28,32)(H,25,27,30)/t15?,16-,18?,20?/m1/s1. The van der Waals surface area contributed by atoms with Crippen LogP contribution in [0.15, 0.2) is 18.3 Å². The first-order valence-corrected chi connectivity index (χ1v) is 11.8. The number of alkyl carbamates (subject to hydrolysis) is 1. The van der Waals surface area contributed by atoms with Crippen molar-refractivity contribution in [3.63, 3.8) is 0 Å². The van der Waals surface area contributed by atoms with Crippen LogP contribution < -0.4 is 16.0 Å². The van der Waals surface area contributed by atoms with E-state index in [0.29, 0.717) is 24.8 Å². The van der Waals surface area contributed by atoms with E-state index < -0.39 is 17.7 Å². The monoisotopic (exact) mass is 459 g/mol. The molecule has 33 heavy (non-hydrogen) atoms. The number of amides is 4. The smallest absolute Gasteiger partial charge is 0.408 e. The molecule has 1 saturated heterocycles. The van der Waals surface area contributed by atoms with Gasteiger partial charge in [0.25, 0.3) is 0 Å². The van der Waals surface area contributed by atoms with Crippen LogP contribution >= 0.6 is 0 Å². The highest BCUT2D eigenvalue weighted by Gasteiger charge is 2.34. The minimum Gasteiger partial charge on any atom is -0.444 e. The van der Waals surface area contributed by atoms with Crippen LogP contribution in [0.25, 0.3) is 0 Å². The Morgan fingerprint density at radius 1 is 1.24 bits per heavy atom. The average molecular weight is 460 g/mol. The van der Waals surface area contributed by atoms with Gasteiger partial charge in [-0.15, -0.1) is 0 Å². The van der Waals surface area contributed by atoms with E-state index in [-0.39, 0.29) is 23.9 Å². The number of urea groups is 1. The summed E-state index contributed by atoms with van der Waals surface area (Å²) in [6, 6.07) is 2.89. The van der Waals surface area contributed by atoms with E-state index in [0.717, 1.165) is 31.2 Å². The molecule has 0 aromatic carbocycles. The van der Waals surface area contributed by atoms with E-state index in [1.807, 2.05) is 13.0 Å². The van der Waals surface area contributed by atoms with E-state index in [4.69, 9.17) is 4.74 Å². The van der Waals surface area contributed by atoms with Crippen molar-refractivity contribution in [2.75, 3.05) is 11.9 Å². The number of rotatable bonds is 6. The number of nitrogens with one attached hydrogen (secondary N) is 3. The molecule has 4 amide bonds. The zero-order valence-corrected chi connectivity index (χ0v) is 20.3. The number of anilines is 1. The lowest BCUT2D eigenvalue weighted by Gasteiger charge is -2.32. The number of pyridine rings is 1. The van der Waals surface area contributed by atoms with Crippen LogP contribution in [0.1, 0.15) is 65.9 Å². The number of carbonyl (C=O) groups excluding carboxylic acids is 3. The topological polar surface area (TPSA) is 113 Å². The van der Waals surface area contributed by atoms with Crippen molar-refractivity contribution in [1.29, 1.82) is 0 Å². The molecule has 3 rings (SSSR count). The Balaban J connectivity index is 1.69. The SMILES string of the molecule is CC1CCC(C(NC(=O)OC(C)(C)C)C(=O)Nc2cc(CN3C[C@@H](C)NC3=O)ccn2)CC1. The minimum atomic E-state index is -0.706. The molecule has 0 spiro atoms. The summed E-state index contributed by atoms with van der Waals surface area (Å²) in [6.07, 6.45) is 4.79. The molecule has 0 bridgehead atoms. The summed E-state index contributed by atoms with van der Waals surface area (Å²) in [4.78, 5) is 43.7. The maximum atomic E-state index is 13.2. The maximum Gasteiger partial charge on any atom is 0.408 e. The highest BCUT2D eigenvalue weighted by atomic mass is 16.6. The van der Waals surface area contributed by atoms with Crippen molar-refractivity contribution in [2.45, 2.75) is 84.5 Å². The molecule has 2 aliphatic rings. The maximum absolute atomic E-state index is 13.2. The van der Waals surface area contributed by atoms with Gasteiger partial charge < -0.3 is 25.6 Å². The van der Waals surface area contributed by atoms with Crippen LogP contribution in [-0.2, 0) is 16.1 Å². The van der Waals surface area contributed by atoms with Crippen LogP contribution in [0.2, 0.25) is 0 Å². The molecular weight excluding hydrogens is 422 g/mol. The fraction of sp³-hybridized carbons (Fsp3) is 0.667. The Hall–Kier alpha value is -2.84. The third kappa shape index (κ3) is 7.33. The molecular formula is C24H37N5O4. The van der Waals surface area contributed by atoms with Gasteiger partial charge in [0.05, 0.1) is 0 Å². The van der Waals surface area contributed by atoms with Crippen molar-refractivity contribution in [3.8, 4) is 0 Å². The van der Waals surface area contributed by atoms with Gasteiger partial charge in [0.2, 0.25) is 5.91 Å². The highest BCUT2D eigenvalue weighted by molar-refractivity contribution is 5.96. The molecule has 1 aliphatic carbocycles. The number of nitrogens with zero attached hydrogens (tertiary/aromatic N) is 2. The van der Waals surface area contributed by atoms with Crippen LogP contribution in [0.4, 0.5) is 15.4 Å². The summed E-state index contributed by atoms with van der Waals surface area (Å²) >= 11 is 0. The average Bonchev–Trinajstić information content (AvgIpc) is 3.02. The Kier molecular flexibility index (Phi) is 7.81. The fourth-order valence-corrected chi connectivity index (χ4v) is 4.41. The van der Waals surface area contributed by atoms with Gasteiger partial charge in [-0.3, -0.25) is 4.79 Å². The number of hydrogen-bond donors (Lipinski definition) is 3. The molecule has 3 N–H and O–H groups in total. The van der Waals surface area contributed by atoms with Gasteiger partial charge in [-0.2, -0.15) is 0 Å². The van der Waals surface area contributed by atoms with Gasteiger partial charge in [-0.25, -0.2) is 14.6 Å². The summed E-state index contributed by atoms with van der Waals surface area (Å²) in [5.74, 6) is 0.741. The third-order valence-electron chi connectivity index (χ3n) is 6.09. The first-order chi connectivity index (χ1) is 15.5. The first kappa shape index (κ1) is 24.8. The molecule has 1 aliphatic heterocycles. The summed E-state index contributed by atoms with van der Waals surface area (Å²) in [7, 11) is 0. The van der Waals surface area contributed by atoms with Crippen LogP contribution in [0.3, 0.4) is 0 Å². The van der Waals surface area contributed by atoms with Gasteiger partial charge in [-0.1, -0.05) is 19.8 Å². The van der Waals surface area contributed by atoms with Crippen LogP contribution in [0.5, 0.6) is 0 Å². The predicted octanol–water partition coefficient (Wildman–Crippen LogP) is 3.65. The van der Waals surface area contributed by atoms with E-state index in [1.54, 1.807) is 37.9 Å². The van der Waals surface area contributed by atoms with Gasteiger partial charge in [0.15, 0.2) is 0 Å². The van der Waals surface area contributed by atoms with E-state index >= 15 is 0 Å². The highest BCUT2D eigenvalue weighted by Crippen LogP contribution is 2.31. The third-order valence-corrected chi connectivity index (χ3v) is 6.09. The van der Waals surface area contributed by atoms with Gasteiger partial charge in [-0.05, 0) is 70.1 Å². The second kappa shape index (κ2) is 10.4. The molecule has 0 radical (unpaired) electrons. The molecule has 1 aromatic rings. The lowest BCUT2D eigenvalue weighted by molar-refractivity contribution is -0.119. The fourth-order valence-electron chi connectivity index (χ4n) is 4.41. The molecule has 2 heterocycles.